The molecular formula is C24H33N5O3. The van der Waals surface area contributed by atoms with Crippen LogP contribution in [0.1, 0.15) is 18.9 Å². The van der Waals surface area contributed by atoms with Crippen LogP contribution in [0.3, 0.4) is 0 Å². The highest BCUT2D eigenvalue weighted by atomic mass is 16.5. The van der Waals surface area contributed by atoms with Gasteiger partial charge in [-0.25, -0.2) is 4.99 Å². The molecule has 1 atom stereocenters. The van der Waals surface area contributed by atoms with E-state index in [0.29, 0.717) is 12.5 Å². The summed E-state index contributed by atoms with van der Waals surface area (Å²) in [6.07, 6.45) is 0.978. The van der Waals surface area contributed by atoms with Crippen molar-refractivity contribution in [3.63, 3.8) is 0 Å². The average molecular weight is 440 g/mol. The molecular weight excluding hydrogens is 406 g/mol. The molecule has 0 aliphatic carbocycles. The molecule has 0 saturated carbocycles. The van der Waals surface area contributed by atoms with Crippen molar-refractivity contribution in [2.75, 3.05) is 45.3 Å². The van der Waals surface area contributed by atoms with Gasteiger partial charge < -0.3 is 30.3 Å². The number of aliphatic imine (C=N–C) groups is 1. The molecule has 2 aromatic rings. The number of hydrogen-bond donors (Lipinski definition) is 3. The van der Waals surface area contributed by atoms with Crippen molar-refractivity contribution >= 4 is 17.6 Å². The Morgan fingerprint density at radius 2 is 1.88 bits per heavy atom. The van der Waals surface area contributed by atoms with Gasteiger partial charge in [0.25, 0.3) is 0 Å². The molecule has 0 bridgehead atoms. The summed E-state index contributed by atoms with van der Waals surface area (Å²) in [6, 6.07) is 15.9. The number of amides is 1. The maximum atomic E-state index is 12.3. The second-order valence-corrected chi connectivity index (χ2v) is 7.57. The van der Waals surface area contributed by atoms with Gasteiger partial charge >= 0.3 is 0 Å². The number of carbonyl (C=O) groups excluding carboxylic acids is 1. The molecule has 2 aromatic carbocycles. The van der Waals surface area contributed by atoms with E-state index in [0.717, 1.165) is 48.8 Å². The summed E-state index contributed by atoms with van der Waals surface area (Å²) in [5, 5.41) is 9.59. The molecule has 172 valence electrons. The standard InChI is InChI=1S/C24H33N5O3/c1-4-25-24(27-16-23(30)26-15-18-9-11-20(31-2)12-10-18)28-19-13-14-29(17-19)21-7-5-6-8-22(21)32-3/h5-12,19H,4,13-17H2,1-3H3,(H,26,30)(H2,25,27,28). The number of benzene rings is 2. The Kier molecular flexibility index (Phi) is 8.60. The van der Waals surface area contributed by atoms with E-state index < -0.39 is 0 Å². The van der Waals surface area contributed by atoms with Crippen LogP contribution in [0.15, 0.2) is 53.5 Å². The van der Waals surface area contributed by atoms with E-state index in [2.05, 4.69) is 31.9 Å². The molecule has 1 unspecified atom stereocenters. The number of ether oxygens (including phenoxy) is 2. The van der Waals surface area contributed by atoms with E-state index in [4.69, 9.17) is 9.47 Å². The topological polar surface area (TPSA) is 87.2 Å². The van der Waals surface area contributed by atoms with E-state index in [1.165, 1.54) is 0 Å². The summed E-state index contributed by atoms with van der Waals surface area (Å²) in [5.41, 5.74) is 2.11. The van der Waals surface area contributed by atoms with E-state index in [-0.39, 0.29) is 18.5 Å². The Labute approximate surface area is 190 Å². The predicted octanol–water partition coefficient (Wildman–Crippen LogP) is 2.15. The first-order chi connectivity index (χ1) is 15.6. The monoisotopic (exact) mass is 439 g/mol. The number of nitrogens with zero attached hydrogens (tertiary/aromatic N) is 2. The normalized spacial score (nSPS) is 15.9. The van der Waals surface area contributed by atoms with Gasteiger partial charge in [0, 0.05) is 32.2 Å². The van der Waals surface area contributed by atoms with Gasteiger partial charge in [-0.1, -0.05) is 24.3 Å². The molecule has 1 amide bonds. The molecule has 1 saturated heterocycles. The van der Waals surface area contributed by atoms with Crippen LogP contribution < -0.4 is 30.3 Å². The number of rotatable bonds is 9. The number of guanidine groups is 1. The quantitative estimate of drug-likeness (QED) is 0.410. The Balaban J connectivity index is 1.50. The maximum Gasteiger partial charge on any atom is 0.242 e. The van der Waals surface area contributed by atoms with E-state index in [1.807, 2.05) is 49.4 Å². The van der Waals surface area contributed by atoms with Crippen LogP contribution in [0.2, 0.25) is 0 Å². The van der Waals surface area contributed by atoms with Gasteiger partial charge in [-0.3, -0.25) is 4.79 Å². The fraction of sp³-hybridized carbons (Fsp3) is 0.417. The summed E-state index contributed by atoms with van der Waals surface area (Å²) in [6.45, 7) is 5.03. The van der Waals surface area contributed by atoms with Crippen LogP contribution >= 0.6 is 0 Å². The highest BCUT2D eigenvalue weighted by molar-refractivity contribution is 5.85. The first-order valence-electron chi connectivity index (χ1n) is 10.9. The molecule has 0 radical (unpaired) electrons. The lowest BCUT2D eigenvalue weighted by molar-refractivity contribution is -0.119. The fourth-order valence-corrected chi connectivity index (χ4v) is 3.65. The number of nitrogens with one attached hydrogen (secondary N) is 3. The molecule has 32 heavy (non-hydrogen) atoms. The molecule has 0 spiro atoms. The number of methoxy groups -OCH3 is 2. The second-order valence-electron chi connectivity index (χ2n) is 7.57. The van der Waals surface area contributed by atoms with Crippen LogP contribution in [0.5, 0.6) is 11.5 Å². The van der Waals surface area contributed by atoms with E-state index >= 15 is 0 Å². The Morgan fingerprint density at radius 1 is 1.09 bits per heavy atom. The van der Waals surface area contributed by atoms with Crippen molar-refractivity contribution in [2.45, 2.75) is 25.9 Å². The third-order valence-corrected chi connectivity index (χ3v) is 5.33. The zero-order chi connectivity index (χ0) is 22.8. The van der Waals surface area contributed by atoms with Crippen molar-refractivity contribution in [1.29, 1.82) is 0 Å². The highest BCUT2D eigenvalue weighted by Gasteiger charge is 2.25. The molecule has 1 aliphatic heterocycles. The van der Waals surface area contributed by atoms with Crippen molar-refractivity contribution in [3.8, 4) is 11.5 Å². The Morgan fingerprint density at radius 3 is 2.59 bits per heavy atom. The molecule has 3 rings (SSSR count). The molecule has 1 fully saturated rings. The van der Waals surface area contributed by atoms with Crippen LogP contribution in [0.25, 0.3) is 0 Å². The van der Waals surface area contributed by atoms with Gasteiger partial charge in [0.15, 0.2) is 5.96 Å². The van der Waals surface area contributed by atoms with Crippen molar-refractivity contribution in [3.05, 3.63) is 54.1 Å². The molecule has 8 nitrogen and oxygen atoms in total. The van der Waals surface area contributed by atoms with Crippen LogP contribution in [-0.2, 0) is 11.3 Å². The summed E-state index contributed by atoms with van der Waals surface area (Å²) < 4.78 is 10.6. The van der Waals surface area contributed by atoms with E-state index in [9.17, 15) is 4.79 Å². The minimum Gasteiger partial charge on any atom is -0.497 e. The summed E-state index contributed by atoms with van der Waals surface area (Å²) in [5.74, 6) is 2.20. The number of anilines is 1. The average Bonchev–Trinajstić information content (AvgIpc) is 3.30. The van der Waals surface area contributed by atoms with Crippen molar-refractivity contribution in [2.24, 2.45) is 4.99 Å². The van der Waals surface area contributed by atoms with Crippen LogP contribution in [0.4, 0.5) is 5.69 Å². The number of hydrogen-bond acceptors (Lipinski definition) is 5. The van der Waals surface area contributed by atoms with Gasteiger partial charge in [-0.2, -0.15) is 0 Å². The van der Waals surface area contributed by atoms with Gasteiger partial charge in [-0.05, 0) is 43.2 Å². The Hall–Kier alpha value is -3.42. The second kappa shape index (κ2) is 11.8. The van der Waals surface area contributed by atoms with Gasteiger partial charge in [0.05, 0.1) is 19.9 Å². The summed E-state index contributed by atoms with van der Waals surface area (Å²) in [7, 11) is 3.33. The lowest BCUT2D eigenvalue weighted by atomic mass is 10.2. The zero-order valence-corrected chi connectivity index (χ0v) is 19.1. The summed E-state index contributed by atoms with van der Waals surface area (Å²) in [4.78, 5) is 19.0. The third-order valence-electron chi connectivity index (χ3n) is 5.33. The molecule has 1 heterocycles. The number of carbonyl (C=O) groups is 1. The zero-order valence-electron chi connectivity index (χ0n) is 19.1. The minimum atomic E-state index is -0.125. The first-order valence-corrected chi connectivity index (χ1v) is 10.9. The fourth-order valence-electron chi connectivity index (χ4n) is 3.65. The molecule has 1 aliphatic rings. The first kappa shape index (κ1) is 23.2. The summed E-state index contributed by atoms with van der Waals surface area (Å²) >= 11 is 0. The molecule has 3 N–H and O–H groups in total. The lowest BCUT2D eigenvalue weighted by Gasteiger charge is -2.22. The van der Waals surface area contributed by atoms with Crippen LogP contribution in [0, 0.1) is 0 Å². The molecule has 8 heteroatoms. The third kappa shape index (κ3) is 6.54. The lowest BCUT2D eigenvalue weighted by Crippen LogP contribution is -2.45. The van der Waals surface area contributed by atoms with Crippen LogP contribution in [-0.4, -0.2) is 58.3 Å². The largest absolute Gasteiger partial charge is 0.497 e. The van der Waals surface area contributed by atoms with Gasteiger partial charge in [-0.15, -0.1) is 0 Å². The smallest absolute Gasteiger partial charge is 0.242 e. The Bertz CT molecular complexity index is 901. The van der Waals surface area contributed by atoms with E-state index in [1.54, 1.807) is 14.2 Å². The predicted molar refractivity (Wildman–Crippen MR) is 128 cm³/mol. The minimum absolute atomic E-state index is 0.0639. The van der Waals surface area contributed by atoms with Gasteiger partial charge in [0.2, 0.25) is 5.91 Å². The highest BCUT2D eigenvalue weighted by Crippen LogP contribution is 2.30. The SMILES string of the molecule is CCNC(=NCC(=O)NCc1ccc(OC)cc1)NC1CCN(c2ccccc2OC)C1. The van der Waals surface area contributed by atoms with Gasteiger partial charge in [0.1, 0.15) is 18.0 Å². The van der Waals surface area contributed by atoms with Crippen molar-refractivity contribution < 1.29 is 14.3 Å². The number of para-hydroxylation sites is 2. The molecule has 0 aromatic heterocycles. The van der Waals surface area contributed by atoms with Crippen molar-refractivity contribution in [1.82, 2.24) is 16.0 Å². The maximum absolute atomic E-state index is 12.3.